The molecule has 20 heavy (non-hydrogen) atoms. The number of amides is 1. The van der Waals surface area contributed by atoms with Gasteiger partial charge in [0.2, 0.25) is 0 Å². The molecule has 1 aliphatic heterocycles. The maximum atomic E-state index is 12.1. The summed E-state index contributed by atoms with van der Waals surface area (Å²) in [7, 11) is -4.37. The van der Waals surface area contributed by atoms with Crippen LogP contribution in [-0.4, -0.2) is 40.4 Å². The van der Waals surface area contributed by atoms with Crippen molar-refractivity contribution >= 4 is 50.4 Å². The van der Waals surface area contributed by atoms with Crippen LogP contribution in [0.4, 0.5) is 0 Å². The standard InChI is InChI=1S/C12H11NO4S3/c14-11-10(8-9-4-2-1-3-5-9)19-12(18)13(11)6-7-20(15,16)17/h1-5,8H,6-7H2,(H,15,16,17)/p-1/b10-8-. The van der Waals surface area contributed by atoms with Gasteiger partial charge < -0.3 is 4.55 Å². The summed E-state index contributed by atoms with van der Waals surface area (Å²) in [5, 5.41) is 0. The van der Waals surface area contributed by atoms with Crippen LogP contribution in [-0.2, 0) is 14.9 Å². The van der Waals surface area contributed by atoms with Crippen LogP contribution < -0.4 is 0 Å². The number of nitrogens with zero attached hydrogens (tertiary/aromatic N) is 1. The van der Waals surface area contributed by atoms with Crippen LogP contribution in [0.25, 0.3) is 6.08 Å². The molecule has 0 bridgehead atoms. The molecule has 1 aromatic rings. The molecule has 0 atom stereocenters. The highest BCUT2D eigenvalue weighted by Gasteiger charge is 2.31. The van der Waals surface area contributed by atoms with E-state index in [4.69, 9.17) is 12.2 Å². The van der Waals surface area contributed by atoms with Crippen molar-refractivity contribution in [1.29, 1.82) is 0 Å². The summed E-state index contributed by atoms with van der Waals surface area (Å²) in [5.41, 5.74) is 0.851. The van der Waals surface area contributed by atoms with Gasteiger partial charge in [0.15, 0.2) is 0 Å². The third-order valence-corrected chi connectivity index (χ3v) is 4.60. The predicted octanol–water partition coefficient (Wildman–Crippen LogP) is 1.43. The van der Waals surface area contributed by atoms with E-state index >= 15 is 0 Å². The summed E-state index contributed by atoms with van der Waals surface area (Å²) in [6.45, 7) is -0.206. The molecular formula is C12H10NO4S3-. The fraction of sp³-hybridized carbons (Fsp3) is 0.167. The average Bonchev–Trinajstić information content (AvgIpc) is 2.63. The van der Waals surface area contributed by atoms with Gasteiger partial charge in [-0.1, -0.05) is 54.3 Å². The topological polar surface area (TPSA) is 77.5 Å². The summed E-state index contributed by atoms with van der Waals surface area (Å²) >= 11 is 6.13. The number of benzene rings is 1. The van der Waals surface area contributed by atoms with Gasteiger partial charge in [-0.15, -0.1) is 0 Å². The molecule has 0 saturated carbocycles. The van der Waals surface area contributed by atoms with Crippen molar-refractivity contribution in [3.63, 3.8) is 0 Å². The first kappa shape index (κ1) is 15.2. The third kappa shape index (κ3) is 3.89. The first-order valence-corrected chi connectivity index (χ1v) is 8.41. The van der Waals surface area contributed by atoms with E-state index in [1.165, 1.54) is 0 Å². The lowest BCUT2D eigenvalue weighted by Gasteiger charge is -2.15. The molecular weight excluding hydrogens is 318 g/mol. The molecule has 1 fully saturated rings. The van der Waals surface area contributed by atoms with Gasteiger partial charge in [-0.05, 0) is 11.6 Å². The predicted molar refractivity (Wildman–Crippen MR) is 80.9 cm³/mol. The summed E-state index contributed by atoms with van der Waals surface area (Å²) in [6.07, 6.45) is 1.69. The molecule has 1 aliphatic rings. The number of rotatable bonds is 4. The maximum absolute atomic E-state index is 12.1. The minimum absolute atomic E-state index is 0.206. The van der Waals surface area contributed by atoms with Crippen LogP contribution in [0, 0.1) is 0 Å². The van der Waals surface area contributed by atoms with Gasteiger partial charge in [0.05, 0.1) is 20.8 Å². The van der Waals surface area contributed by atoms with E-state index in [-0.39, 0.29) is 16.8 Å². The van der Waals surface area contributed by atoms with E-state index in [0.717, 1.165) is 22.2 Å². The normalized spacial score (nSPS) is 18.1. The first-order valence-electron chi connectivity index (χ1n) is 5.61. The molecule has 1 saturated heterocycles. The van der Waals surface area contributed by atoms with Crippen molar-refractivity contribution in [1.82, 2.24) is 4.90 Å². The van der Waals surface area contributed by atoms with Gasteiger partial charge in [-0.3, -0.25) is 9.69 Å². The second-order valence-electron chi connectivity index (χ2n) is 4.01. The largest absolute Gasteiger partial charge is 0.748 e. The summed E-state index contributed by atoms with van der Waals surface area (Å²) in [4.78, 5) is 13.7. The Labute approximate surface area is 126 Å². The number of thiocarbonyl (C=S) groups is 1. The molecule has 2 rings (SSSR count). The number of hydrogen-bond acceptors (Lipinski definition) is 6. The lowest BCUT2D eigenvalue weighted by atomic mass is 10.2. The van der Waals surface area contributed by atoms with Gasteiger partial charge in [0.25, 0.3) is 5.91 Å². The zero-order chi connectivity index (χ0) is 14.8. The summed E-state index contributed by atoms with van der Waals surface area (Å²) in [6, 6.07) is 9.23. The SMILES string of the molecule is O=C1/C(=C/c2ccccc2)SC(=S)N1CCS(=O)(=O)[O-]. The Kier molecular flexibility index (Phi) is 4.59. The molecule has 0 aromatic heterocycles. The maximum Gasteiger partial charge on any atom is 0.266 e. The second-order valence-corrected chi connectivity index (χ2v) is 7.21. The Balaban J connectivity index is 2.15. The molecule has 0 unspecified atom stereocenters. The number of carbonyl (C=O) groups excluding carboxylic acids is 1. The monoisotopic (exact) mass is 328 g/mol. The minimum Gasteiger partial charge on any atom is -0.748 e. The first-order chi connectivity index (χ1) is 9.37. The van der Waals surface area contributed by atoms with Gasteiger partial charge in [0, 0.05) is 6.54 Å². The third-order valence-electron chi connectivity index (χ3n) is 2.54. The summed E-state index contributed by atoms with van der Waals surface area (Å²) < 4.78 is 32.1. The molecule has 0 aliphatic carbocycles. The Bertz CT molecular complexity index is 667. The Morgan fingerprint density at radius 1 is 1.30 bits per heavy atom. The highest BCUT2D eigenvalue weighted by Crippen LogP contribution is 2.32. The van der Waals surface area contributed by atoms with E-state index in [1.807, 2.05) is 30.3 Å². The van der Waals surface area contributed by atoms with Crippen LogP contribution in [0.2, 0.25) is 0 Å². The van der Waals surface area contributed by atoms with Crippen molar-refractivity contribution in [2.24, 2.45) is 0 Å². The van der Waals surface area contributed by atoms with Crippen molar-refractivity contribution in [3.8, 4) is 0 Å². The number of hydrogen-bond donors (Lipinski definition) is 0. The van der Waals surface area contributed by atoms with Gasteiger partial charge >= 0.3 is 0 Å². The lowest BCUT2D eigenvalue weighted by Crippen LogP contribution is -2.32. The zero-order valence-electron chi connectivity index (χ0n) is 10.2. The molecule has 8 heteroatoms. The molecule has 0 spiro atoms. The van der Waals surface area contributed by atoms with E-state index in [1.54, 1.807) is 6.08 Å². The number of thioether (sulfide) groups is 1. The smallest absolute Gasteiger partial charge is 0.266 e. The molecule has 1 heterocycles. The van der Waals surface area contributed by atoms with Crippen LogP contribution in [0.3, 0.4) is 0 Å². The fourth-order valence-electron chi connectivity index (χ4n) is 1.60. The molecule has 1 aromatic carbocycles. The molecule has 5 nitrogen and oxygen atoms in total. The molecule has 106 valence electrons. The molecule has 1 amide bonds. The second kappa shape index (κ2) is 6.04. The van der Waals surface area contributed by atoms with Crippen LogP contribution in [0.1, 0.15) is 5.56 Å². The van der Waals surface area contributed by atoms with E-state index in [0.29, 0.717) is 4.91 Å². The Hall–Kier alpha value is -1.22. The minimum atomic E-state index is -4.37. The van der Waals surface area contributed by atoms with Crippen molar-refractivity contribution in [2.75, 3.05) is 12.3 Å². The van der Waals surface area contributed by atoms with E-state index < -0.39 is 15.9 Å². The molecule has 0 radical (unpaired) electrons. The highest BCUT2D eigenvalue weighted by atomic mass is 32.2. The quantitative estimate of drug-likeness (QED) is 0.473. The van der Waals surface area contributed by atoms with Gasteiger partial charge in [-0.2, -0.15) is 0 Å². The fourth-order valence-corrected chi connectivity index (χ4v) is 3.31. The van der Waals surface area contributed by atoms with Crippen LogP contribution in [0.15, 0.2) is 35.2 Å². The van der Waals surface area contributed by atoms with Crippen molar-refractivity contribution in [3.05, 3.63) is 40.8 Å². The van der Waals surface area contributed by atoms with E-state index in [2.05, 4.69) is 0 Å². The van der Waals surface area contributed by atoms with Gasteiger partial charge in [0.1, 0.15) is 4.32 Å². The summed E-state index contributed by atoms with van der Waals surface area (Å²) in [5.74, 6) is -1.01. The Morgan fingerprint density at radius 3 is 2.55 bits per heavy atom. The zero-order valence-corrected chi connectivity index (χ0v) is 12.6. The van der Waals surface area contributed by atoms with Gasteiger partial charge in [-0.25, -0.2) is 8.42 Å². The highest BCUT2D eigenvalue weighted by molar-refractivity contribution is 8.26. The average molecular weight is 328 g/mol. The number of carbonyl (C=O) groups is 1. The lowest BCUT2D eigenvalue weighted by molar-refractivity contribution is -0.121. The molecule has 0 N–H and O–H groups in total. The van der Waals surface area contributed by atoms with E-state index in [9.17, 15) is 17.8 Å². The van der Waals surface area contributed by atoms with Crippen LogP contribution >= 0.6 is 24.0 Å². The van der Waals surface area contributed by atoms with Crippen molar-refractivity contribution in [2.45, 2.75) is 0 Å². The van der Waals surface area contributed by atoms with Crippen molar-refractivity contribution < 1.29 is 17.8 Å². The Morgan fingerprint density at radius 2 is 1.95 bits per heavy atom. The van der Waals surface area contributed by atoms with Crippen LogP contribution in [0.5, 0.6) is 0 Å².